The number of aromatic nitrogens is 2. The Balaban J connectivity index is 2.42. The molecule has 3 N–H and O–H groups in total. The van der Waals surface area contributed by atoms with Crippen LogP contribution in [0.1, 0.15) is 0 Å². The summed E-state index contributed by atoms with van der Waals surface area (Å²) in [5.74, 6) is 5.14. The molecular formula is C10H7Cl2N5O2S. The Labute approximate surface area is 127 Å². The van der Waals surface area contributed by atoms with Gasteiger partial charge in [0.2, 0.25) is 5.82 Å². The van der Waals surface area contributed by atoms with E-state index in [-0.39, 0.29) is 16.5 Å². The highest BCUT2D eigenvalue weighted by molar-refractivity contribution is 7.99. The first-order chi connectivity index (χ1) is 9.52. The van der Waals surface area contributed by atoms with Crippen molar-refractivity contribution in [1.29, 1.82) is 0 Å². The zero-order valence-electron chi connectivity index (χ0n) is 9.71. The number of nitro groups is 1. The van der Waals surface area contributed by atoms with Crippen molar-refractivity contribution in [1.82, 2.24) is 9.97 Å². The minimum absolute atomic E-state index is 0.0624. The molecule has 1 aromatic carbocycles. The van der Waals surface area contributed by atoms with Crippen LogP contribution in [0.5, 0.6) is 0 Å². The third-order valence-electron chi connectivity index (χ3n) is 2.21. The maximum Gasteiger partial charge on any atom is 0.344 e. The largest absolute Gasteiger partial charge is 0.344 e. The molecule has 0 aliphatic heterocycles. The van der Waals surface area contributed by atoms with Gasteiger partial charge in [-0.25, -0.2) is 15.8 Å². The van der Waals surface area contributed by atoms with Crippen molar-refractivity contribution in [3.05, 3.63) is 44.7 Å². The molecule has 0 amide bonds. The molecule has 0 unspecified atom stereocenters. The fraction of sp³-hybridized carbons (Fsp3) is 0. The molecule has 0 atom stereocenters. The Bertz CT molecular complexity index is 670. The van der Waals surface area contributed by atoms with Crippen molar-refractivity contribution in [3.63, 3.8) is 0 Å². The van der Waals surface area contributed by atoms with Crippen molar-refractivity contribution in [2.75, 3.05) is 5.43 Å². The number of nitrogens with one attached hydrogen (secondary N) is 1. The molecule has 0 fully saturated rings. The molecule has 0 aliphatic rings. The fourth-order valence-electron chi connectivity index (χ4n) is 1.36. The van der Waals surface area contributed by atoms with Crippen LogP contribution in [0, 0.1) is 10.1 Å². The van der Waals surface area contributed by atoms with Gasteiger partial charge < -0.3 is 5.43 Å². The van der Waals surface area contributed by atoms with Gasteiger partial charge in [0.05, 0.1) is 15.0 Å². The van der Waals surface area contributed by atoms with Crippen LogP contribution in [-0.2, 0) is 0 Å². The molecule has 2 rings (SSSR count). The molecule has 0 saturated heterocycles. The maximum absolute atomic E-state index is 11.1. The van der Waals surface area contributed by atoms with Gasteiger partial charge in [-0.05, 0) is 18.2 Å². The smallest absolute Gasteiger partial charge is 0.303 e. The Morgan fingerprint density at radius 2 is 2.05 bits per heavy atom. The molecule has 1 heterocycles. The van der Waals surface area contributed by atoms with E-state index in [4.69, 9.17) is 29.0 Å². The summed E-state index contributed by atoms with van der Waals surface area (Å²) in [7, 11) is 0. The van der Waals surface area contributed by atoms with E-state index in [0.717, 1.165) is 11.8 Å². The van der Waals surface area contributed by atoms with Gasteiger partial charge in [0, 0.05) is 4.90 Å². The van der Waals surface area contributed by atoms with E-state index < -0.39 is 4.92 Å². The number of nitrogens with zero attached hydrogens (tertiary/aromatic N) is 3. The second-order valence-corrected chi connectivity index (χ2v) is 5.33. The molecule has 1 aromatic heterocycles. The van der Waals surface area contributed by atoms with Gasteiger partial charge in [0.15, 0.2) is 5.03 Å². The van der Waals surface area contributed by atoms with E-state index in [1.165, 1.54) is 6.33 Å². The second kappa shape index (κ2) is 6.23. The Morgan fingerprint density at radius 3 is 2.65 bits per heavy atom. The summed E-state index contributed by atoms with van der Waals surface area (Å²) in [5, 5.41) is 12.0. The highest BCUT2D eigenvalue weighted by Crippen LogP contribution is 2.37. The summed E-state index contributed by atoms with van der Waals surface area (Å²) in [5.41, 5.74) is 1.87. The number of nitrogens with two attached hydrogens (primary N) is 1. The molecule has 0 bridgehead atoms. The molecule has 20 heavy (non-hydrogen) atoms. The molecule has 0 saturated carbocycles. The van der Waals surface area contributed by atoms with E-state index in [9.17, 15) is 10.1 Å². The number of rotatable bonds is 4. The van der Waals surface area contributed by atoms with E-state index in [1.807, 2.05) is 0 Å². The number of hydrogen-bond donors (Lipinski definition) is 2. The van der Waals surface area contributed by atoms with Crippen molar-refractivity contribution in [2.24, 2.45) is 5.84 Å². The third-order valence-corrected chi connectivity index (χ3v) is 3.93. The lowest BCUT2D eigenvalue weighted by Crippen LogP contribution is -2.11. The van der Waals surface area contributed by atoms with Crippen molar-refractivity contribution in [2.45, 2.75) is 9.92 Å². The monoisotopic (exact) mass is 331 g/mol. The van der Waals surface area contributed by atoms with Gasteiger partial charge in [-0.3, -0.25) is 10.1 Å². The standard InChI is InChI=1S/C10H7Cl2N5O2S/c11-6-2-1-5(3-7(6)12)20-10-8(17(18)19)9(16-13)14-4-15-10/h1-4H,13H2,(H,14,15,16). The molecule has 10 heteroatoms. The molecule has 0 spiro atoms. The van der Waals surface area contributed by atoms with Crippen molar-refractivity contribution in [3.8, 4) is 0 Å². The number of benzene rings is 1. The van der Waals surface area contributed by atoms with Gasteiger partial charge in [-0.2, -0.15) is 0 Å². The lowest BCUT2D eigenvalue weighted by atomic mass is 10.4. The average Bonchev–Trinajstić information content (AvgIpc) is 2.42. The Hall–Kier alpha value is -1.61. The maximum atomic E-state index is 11.1. The van der Waals surface area contributed by atoms with E-state index in [1.54, 1.807) is 18.2 Å². The Morgan fingerprint density at radius 1 is 1.30 bits per heavy atom. The summed E-state index contributed by atoms with van der Waals surface area (Å²) >= 11 is 12.8. The highest BCUT2D eigenvalue weighted by atomic mass is 35.5. The van der Waals surface area contributed by atoms with Crippen LogP contribution < -0.4 is 11.3 Å². The number of hydrogen-bond acceptors (Lipinski definition) is 7. The molecule has 0 aliphatic carbocycles. The van der Waals surface area contributed by atoms with Crippen LogP contribution in [-0.4, -0.2) is 14.9 Å². The lowest BCUT2D eigenvalue weighted by Gasteiger charge is -2.05. The normalized spacial score (nSPS) is 10.3. The minimum Gasteiger partial charge on any atom is -0.303 e. The third kappa shape index (κ3) is 3.10. The number of anilines is 1. The molecular weight excluding hydrogens is 325 g/mol. The molecule has 0 radical (unpaired) electrons. The summed E-state index contributed by atoms with van der Waals surface area (Å²) < 4.78 is 0. The predicted octanol–water partition coefficient (Wildman–Crippen LogP) is 3.13. The molecule has 7 nitrogen and oxygen atoms in total. The topological polar surface area (TPSA) is 107 Å². The van der Waals surface area contributed by atoms with Crippen LogP contribution in [0.15, 0.2) is 34.4 Å². The average molecular weight is 332 g/mol. The first-order valence-corrected chi connectivity index (χ1v) is 6.69. The quantitative estimate of drug-likeness (QED) is 0.383. The lowest BCUT2D eigenvalue weighted by molar-refractivity contribution is -0.387. The summed E-state index contributed by atoms with van der Waals surface area (Å²) in [6.07, 6.45) is 1.18. The van der Waals surface area contributed by atoms with E-state index >= 15 is 0 Å². The summed E-state index contributed by atoms with van der Waals surface area (Å²) in [4.78, 5) is 18.7. The second-order valence-electron chi connectivity index (χ2n) is 3.46. The number of nitrogen functional groups attached to an aromatic ring is 1. The van der Waals surface area contributed by atoms with Crippen molar-refractivity contribution >= 4 is 46.5 Å². The van der Waals surface area contributed by atoms with Gasteiger partial charge in [0.1, 0.15) is 6.33 Å². The van der Waals surface area contributed by atoms with Crippen LogP contribution >= 0.6 is 35.0 Å². The van der Waals surface area contributed by atoms with Crippen LogP contribution in [0.25, 0.3) is 0 Å². The SMILES string of the molecule is NNc1ncnc(Sc2ccc(Cl)c(Cl)c2)c1[N+](=O)[O-]. The summed E-state index contributed by atoms with van der Waals surface area (Å²) in [6, 6.07) is 4.87. The first-order valence-electron chi connectivity index (χ1n) is 5.12. The van der Waals surface area contributed by atoms with Crippen molar-refractivity contribution < 1.29 is 4.92 Å². The zero-order chi connectivity index (χ0) is 14.7. The van der Waals surface area contributed by atoms with Gasteiger partial charge in [-0.15, -0.1) is 0 Å². The Kier molecular flexibility index (Phi) is 4.61. The fourth-order valence-corrected chi connectivity index (χ4v) is 2.63. The highest BCUT2D eigenvalue weighted by Gasteiger charge is 2.23. The summed E-state index contributed by atoms with van der Waals surface area (Å²) in [6.45, 7) is 0. The van der Waals surface area contributed by atoms with Gasteiger partial charge in [-0.1, -0.05) is 35.0 Å². The predicted molar refractivity (Wildman–Crippen MR) is 77.1 cm³/mol. The number of halogens is 2. The van der Waals surface area contributed by atoms with Crippen LogP contribution in [0.2, 0.25) is 10.0 Å². The first kappa shape index (κ1) is 14.8. The zero-order valence-corrected chi connectivity index (χ0v) is 12.0. The molecule has 2 aromatic rings. The van der Waals surface area contributed by atoms with Crippen LogP contribution in [0.4, 0.5) is 11.5 Å². The minimum atomic E-state index is -0.602. The van der Waals surface area contributed by atoms with Crippen LogP contribution in [0.3, 0.4) is 0 Å². The molecule has 104 valence electrons. The van der Waals surface area contributed by atoms with E-state index in [2.05, 4.69) is 15.4 Å². The van der Waals surface area contributed by atoms with E-state index in [0.29, 0.717) is 14.9 Å². The number of hydrazine groups is 1. The van der Waals surface area contributed by atoms with Gasteiger partial charge in [0.25, 0.3) is 0 Å². The van der Waals surface area contributed by atoms with Gasteiger partial charge >= 0.3 is 5.69 Å².